The van der Waals surface area contributed by atoms with Gasteiger partial charge < -0.3 is 15.0 Å². The molecule has 0 saturated heterocycles. The van der Waals surface area contributed by atoms with Crippen LogP contribution in [0.4, 0.5) is 0 Å². The molecule has 1 aromatic rings. The van der Waals surface area contributed by atoms with Gasteiger partial charge >= 0.3 is 0 Å². The first kappa shape index (κ1) is 13.1. The highest BCUT2D eigenvalue weighted by Crippen LogP contribution is 2.23. The Balaban J connectivity index is 1.80. The number of hydrogen-bond donors (Lipinski definition) is 2. The van der Waals surface area contributed by atoms with E-state index in [2.05, 4.69) is 5.32 Å². The van der Waals surface area contributed by atoms with Gasteiger partial charge in [0, 0.05) is 31.4 Å². The molecule has 1 aliphatic rings. The minimum absolute atomic E-state index is 0.1000. The molecular weight excluding hydrogens is 228 g/mol. The number of aryl methyl sites for hydroxylation is 1. The molecular formula is C14H22N2O2. The fourth-order valence-electron chi connectivity index (χ4n) is 2.63. The number of aliphatic hydroxyl groups is 1. The fraction of sp³-hybridized carbons (Fsp3) is 0.643. The highest BCUT2D eigenvalue weighted by molar-refractivity contribution is 5.78. The molecule has 100 valence electrons. The molecule has 1 aliphatic carbocycles. The van der Waals surface area contributed by atoms with Crippen molar-refractivity contribution in [3.8, 4) is 0 Å². The molecule has 0 bridgehead atoms. The second kappa shape index (κ2) is 6.05. The van der Waals surface area contributed by atoms with Crippen LogP contribution >= 0.6 is 0 Å². The molecule has 1 amide bonds. The van der Waals surface area contributed by atoms with Crippen molar-refractivity contribution in [1.82, 2.24) is 9.88 Å². The van der Waals surface area contributed by atoms with Crippen molar-refractivity contribution in [1.29, 1.82) is 0 Å². The van der Waals surface area contributed by atoms with E-state index in [1.807, 2.05) is 29.9 Å². The number of amides is 1. The Morgan fingerprint density at radius 3 is 2.83 bits per heavy atom. The van der Waals surface area contributed by atoms with Crippen molar-refractivity contribution in [3.05, 3.63) is 24.0 Å². The number of aliphatic hydroxyl groups excluding tert-OH is 1. The quantitative estimate of drug-likeness (QED) is 0.855. The van der Waals surface area contributed by atoms with Gasteiger partial charge in [0.2, 0.25) is 5.91 Å². The number of carbonyl (C=O) groups is 1. The van der Waals surface area contributed by atoms with Crippen LogP contribution in [-0.4, -0.2) is 22.1 Å². The van der Waals surface area contributed by atoms with E-state index in [0.29, 0.717) is 6.54 Å². The number of aromatic nitrogens is 1. The van der Waals surface area contributed by atoms with Crippen LogP contribution in [0.1, 0.15) is 43.9 Å². The Morgan fingerprint density at radius 1 is 1.50 bits per heavy atom. The summed E-state index contributed by atoms with van der Waals surface area (Å²) in [7, 11) is 1.89. The number of rotatable bonds is 4. The van der Waals surface area contributed by atoms with E-state index in [4.69, 9.17) is 0 Å². The van der Waals surface area contributed by atoms with Crippen LogP contribution in [0.25, 0.3) is 0 Å². The van der Waals surface area contributed by atoms with E-state index >= 15 is 0 Å². The molecule has 1 unspecified atom stereocenters. The molecule has 0 aromatic carbocycles. The minimum atomic E-state index is -0.627. The van der Waals surface area contributed by atoms with E-state index in [-0.39, 0.29) is 11.8 Å². The summed E-state index contributed by atoms with van der Waals surface area (Å²) in [5, 5.41) is 12.9. The summed E-state index contributed by atoms with van der Waals surface area (Å²) in [6.45, 7) is 0.299. The molecule has 1 fully saturated rings. The molecule has 4 heteroatoms. The third-order valence-corrected chi connectivity index (χ3v) is 3.77. The van der Waals surface area contributed by atoms with Gasteiger partial charge in [0.25, 0.3) is 0 Å². The van der Waals surface area contributed by atoms with Crippen LogP contribution < -0.4 is 5.32 Å². The molecule has 4 nitrogen and oxygen atoms in total. The maximum absolute atomic E-state index is 11.9. The zero-order chi connectivity index (χ0) is 13.0. The fourth-order valence-corrected chi connectivity index (χ4v) is 2.63. The van der Waals surface area contributed by atoms with Gasteiger partial charge in [-0.25, -0.2) is 0 Å². The number of hydrogen-bond acceptors (Lipinski definition) is 2. The van der Waals surface area contributed by atoms with Crippen molar-refractivity contribution in [3.63, 3.8) is 0 Å². The smallest absolute Gasteiger partial charge is 0.223 e. The summed E-state index contributed by atoms with van der Waals surface area (Å²) in [6.07, 6.45) is 6.80. The first-order valence-corrected chi connectivity index (χ1v) is 6.75. The van der Waals surface area contributed by atoms with Gasteiger partial charge in [-0.3, -0.25) is 4.79 Å². The van der Waals surface area contributed by atoms with E-state index < -0.39 is 6.10 Å². The molecule has 2 N–H and O–H groups in total. The lowest BCUT2D eigenvalue weighted by molar-refractivity contribution is -0.126. The topological polar surface area (TPSA) is 54.3 Å². The summed E-state index contributed by atoms with van der Waals surface area (Å²) < 4.78 is 1.87. The predicted molar refractivity (Wildman–Crippen MR) is 70.0 cm³/mol. The molecule has 2 rings (SSSR count). The van der Waals surface area contributed by atoms with E-state index in [9.17, 15) is 9.90 Å². The maximum atomic E-state index is 11.9. The lowest BCUT2D eigenvalue weighted by atomic mass is 9.88. The Hall–Kier alpha value is -1.29. The van der Waals surface area contributed by atoms with Gasteiger partial charge in [0.1, 0.15) is 6.10 Å². The largest absolute Gasteiger partial charge is 0.385 e. The second-order valence-electron chi connectivity index (χ2n) is 5.14. The van der Waals surface area contributed by atoms with Crippen molar-refractivity contribution in [2.24, 2.45) is 13.0 Å². The monoisotopic (exact) mass is 250 g/mol. The van der Waals surface area contributed by atoms with Crippen molar-refractivity contribution >= 4 is 5.91 Å². The van der Waals surface area contributed by atoms with Gasteiger partial charge in [0.05, 0.1) is 0 Å². The zero-order valence-corrected chi connectivity index (χ0v) is 10.9. The number of nitrogens with zero attached hydrogens (tertiary/aromatic N) is 1. The molecule has 0 radical (unpaired) electrons. The van der Waals surface area contributed by atoms with Gasteiger partial charge in [-0.15, -0.1) is 0 Å². The molecule has 1 aromatic heterocycles. The number of nitrogens with one attached hydrogen (secondary N) is 1. The third kappa shape index (κ3) is 3.13. The van der Waals surface area contributed by atoms with Crippen molar-refractivity contribution in [2.75, 3.05) is 6.54 Å². The molecule has 1 saturated carbocycles. The number of carbonyl (C=O) groups excluding carboxylic acids is 1. The molecule has 1 atom stereocenters. The van der Waals surface area contributed by atoms with Crippen LogP contribution in [0.15, 0.2) is 18.3 Å². The normalized spacial score (nSPS) is 18.6. The van der Waals surface area contributed by atoms with E-state index in [1.54, 1.807) is 0 Å². The molecule has 0 aliphatic heterocycles. The van der Waals surface area contributed by atoms with Crippen LogP contribution in [0.3, 0.4) is 0 Å². The van der Waals surface area contributed by atoms with Gasteiger partial charge in [-0.1, -0.05) is 19.3 Å². The lowest BCUT2D eigenvalue weighted by Crippen LogP contribution is -2.35. The van der Waals surface area contributed by atoms with Crippen molar-refractivity contribution in [2.45, 2.75) is 38.2 Å². The predicted octanol–water partition coefficient (Wildman–Crippen LogP) is 1.75. The average molecular weight is 250 g/mol. The van der Waals surface area contributed by atoms with Gasteiger partial charge in [0.15, 0.2) is 0 Å². The molecule has 1 heterocycles. The van der Waals surface area contributed by atoms with Crippen molar-refractivity contribution < 1.29 is 9.90 Å². The van der Waals surface area contributed by atoms with Crippen LogP contribution in [0, 0.1) is 5.92 Å². The van der Waals surface area contributed by atoms with E-state index in [0.717, 1.165) is 31.4 Å². The summed E-state index contributed by atoms with van der Waals surface area (Å²) in [5.41, 5.74) is 0.832. The Bertz CT molecular complexity index is 394. The Kier molecular flexibility index (Phi) is 4.42. The minimum Gasteiger partial charge on any atom is -0.385 e. The standard InChI is InChI=1S/C14H22N2O2/c1-16-9-5-8-12(16)13(17)10-15-14(18)11-6-3-2-4-7-11/h5,8-9,11,13,17H,2-4,6-7,10H2,1H3,(H,15,18). The molecule has 18 heavy (non-hydrogen) atoms. The average Bonchev–Trinajstić information content (AvgIpc) is 2.83. The highest BCUT2D eigenvalue weighted by atomic mass is 16.3. The van der Waals surface area contributed by atoms with Crippen LogP contribution in [-0.2, 0) is 11.8 Å². The van der Waals surface area contributed by atoms with Gasteiger partial charge in [-0.2, -0.15) is 0 Å². The first-order valence-electron chi connectivity index (χ1n) is 6.75. The summed E-state index contributed by atoms with van der Waals surface area (Å²) in [5.74, 6) is 0.252. The lowest BCUT2D eigenvalue weighted by Gasteiger charge is -2.21. The van der Waals surface area contributed by atoms with Crippen LogP contribution in [0.5, 0.6) is 0 Å². The Labute approximate surface area is 108 Å². The SMILES string of the molecule is Cn1cccc1C(O)CNC(=O)C1CCCCC1. The molecule has 0 spiro atoms. The summed E-state index contributed by atoms with van der Waals surface area (Å²) >= 11 is 0. The maximum Gasteiger partial charge on any atom is 0.223 e. The Morgan fingerprint density at radius 2 is 2.22 bits per heavy atom. The highest BCUT2D eigenvalue weighted by Gasteiger charge is 2.21. The second-order valence-corrected chi connectivity index (χ2v) is 5.14. The van der Waals surface area contributed by atoms with E-state index in [1.165, 1.54) is 6.42 Å². The van der Waals surface area contributed by atoms with Crippen LogP contribution in [0.2, 0.25) is 0 Å². The zero-order valence-electron chi connectivity index (χ0n) is 10.9. The summed E-state index contributed by atoms with van der Waals surface area (Å²) in [6, 6.07) is 3.76. The third-order valence-electron chi connectivity index (χ3n) is 3.77. The first-order chi connectivity index (χ1) is 8.68. The van der Waals surface area contributed by atoms with Gasteiger partial charge in [-0.05, 0) is 25.0 Å². The summed E-state index contributed by atoms with van der Waals surface area (Å²) in [4.78, 5) is 11.9.